The second-order valence-electron chi connectivity index (χ2n) is 7.16. The van der Waals surface area contributed by atoms with Crippen molar-refractivity contribution in [3.8, 4) is 17.6 Å². The zero-order valence-electron chi connectivity index (χ0n) is 15.7. The van der Waals surface area contributed by atoms with Gasteiger partial charge in [-0.2, -0.15) is 9.97 Å². The molecule has 5 rings (SSSR count). The van der Waals surface area contributed by atoms with Gasteiger partial charge in [-0.3, -0.25) is 0 Å². The molecule has 3 aromatic rings. The fourth-order valence-corrected chi connectivity index (χ4v) is 3.79. The number of fused-ring (bicyclic) bond motifs is 2. The van der Waals surface area contributed by atoms with Crippen molar-refractivity contribution in [3.63, 3.8) is 0 Å². The molecule has 2 saturated heterocycles. The van der Waals surface area contributed by atoms with Gasteiger partial charge in [-0.05, 0) is 18.2 Å². The molecule has 0 amide bonds. The minimum atomic E-state index is -1.12. The molecule has 164 valence electrons. The molecule has 2 aliphatic heterocycles. The van der Waals surface area contributed by atoms with Crippen molar-refractivity contribution in [2.75, 3.05) is 13.2 Å². The lowest BCUT2D eigenvalue weighted by molar-refractivity contribution is 0.00706. The van der Waals surface area contributed by atoms with E-state index in [0.717, 1.165) is 12.1 Å². The maximum atomic E-state index is 13.9. The van der Waals surface area contributed by atoms with E-state index in [1.54, 1.807) is 0 Å². The number of halogens is 3. The Morgan fingerprint density at radius 2 is 2.00 bits per heavy atom. The van der Waals surface area contributed by atoms with Gasteiger partial charge in [0.1, 0.15) is 35.8 Å². The maximum Gasteiger partial charge on any atom is 0.296 e. The molecule has 0 saturated carbocycles. The summed E-state index contributed by atoms with van der Waals surface area (Å²) in [6, 6.07) is 3.46. The van der Waals surface area contributed by atoms with E-state index < -0.39 is 54.0 Å². The van der Waals surface area contributed by atoms with Crippen LogP contribution in [0.4, 0.5) is 8.78 Å². The summed E-state index contributed by atoms with van der Waals surface area (Å²) in [7, 11) is 0. The average Bonchev–Trinajstić information content (AvgIpc) is 3.42. The highest BCUT2D eigenvalue weighted by Gasteiger charge is 2.48. The summed E-state index contributed by atoms with van der Waals surface area (Å²) < 4.78 is 50.0. The number of aromatic hydroxyl groups is 1. The normalized spacial score (nSPS) is 25.2. The first-order valence-electron chi connectivity index (χ1n) is 9.33. The molecule has 2 fully saturated rings. The van der Waals surface area contributed by atoms with Crippen LogP contribution in [0.2, 0.25) is 5.02 Å². The Labute approximate surface area is 178 Å². The molecule has 4 heterocycles. The molecule has 0 bridgehead atoms. The number of imidazole rings is 1. The van der Waals surface area contributed by atoms with Gasteiger partial charge in [0.15, 0.2) is 23.3 Å². The monoisotopic (exact) mass is 455 g/mol. The van der Waals surface area contributed by atoms with E-state index >= 15 is 0 Å². The number of nitrogens with zero attached hydrogens (tertiary/aromatic N) is 2. The van der Waals surface area contributed by atoms with Crippen LogP contribution in [-0.4, -0.2) is 62.8 Å². The van der Waals surface area contributed by atoms with E-state index in [-0.39, 0.29) is 35.8 Å². The second-order valence-corrected chi connectivity index (χ2v) is 7.56. The molecule has 2 aliphatic rings. The Hall–Kier alpha value is -2.73. The Kier molecular flexibility index (Phi) is 5.05. The van der Waals surface area contributed by atoms with Gasteiger partial charge in [0, 0.05) is 0 Å². The zero-order valence-corrected chi connectivity index (χ0v) is 16.5. The Morgan fingerprint density at radius 3 is 2.84 bits per heavy atom. The topological polar surface area (TPSA) is 119 Å². The Morgan fingerprint density at radius 1 is 1.19 bits per heavy atom. The van der Waals surface area contributed by atoms with Crippen LogP contribution in [0, 0.1) is 11.6 Å². The largest absolute Gasteiger partial charge is 0.505 e. The third kappa shape index (κ3) is 3.63. The predicted molar refractivity (Wildman–Crippen MR) is 101 cm³/mol. The van der Waals surface area contributed by atoms with Gasteiger partial charge in [0.2, 0.25) is 5.88 Å². The number of H-pyrrole nitrogens is 1. The molecule has 3 N–H and O–H groups in total. The van der Waals surface area contributed by atoms with E-state index in [9.17, 15) is 19.0 Å². The molecule has 0 aliphatic carbocycles. The number of aromatic amines is 1. The van der Waals surface area contributed by atoms with Crippen molar-refractivity contribution in [3.05, 3.63) is 40.4 Å². The van der Waals surface area contributed by atoms with Crippen LogP contribution in [0.5, 0.6) is 17.6 Å². The summed E-state index contributed by atoms with van der Waals surface area (Å²) in [5.41, 5.74) is 0.192. The van der Waals surface area contributed by atoms with Gasteiger partial charge in [0.05, 0.1) is 24.3 Å². The lowest BCUT2D eigenvalue weighted by Gasteiger charge is -2.15. The van der Waals surface area contributed by atoms with Crippen LogP contribution in [0.25, 0.3) is 11.2 Å². The first-order valence-corrected chi connectivity index (χ1v) is 9.71. The highest BCUT2D eigenvalue weighted by atomic mass is 35.5. The number of rotatable bonds is 5. The van der Waals surface area contributed by atoms with Gasteiger partial charge in [0.25, 0.3) is 6.01 Å². The molecule has 12 heteroatoms. The number of nitrogens with one attached hydrogen (secondary N) is 1. The molecule has 31 heavy (non-hydrogen) atoms. The van der Waals surface area contributed by atoms with E-state index in [1.165, 1.54) is 6.07 Å². The number of aliphatic hydroxyl groups excluding tert-OH is 1. The number of pyridine rings is 1. The highest BCUT2D eigenvalue weighted by Crippen LogP contribution is 2.32. The van der Waals surface area contributed by atoms with Crippen molar-refractivity contribution in [1.29, 1.82) is 0 Å². The van der Waals surface area contributed by atoms with Gasteiger partial charge in [-0.25, -0.2) is 8.78 Å². The SMILES string of the molecule is Oc1ccc(F)c(COc2nc3nc(O[C@@H]4COC5C4OC[C@H]5O)[nH]c3cc2Cl)c1F. The molecule has 9 nitrogen and oxygen atoms in total. The summed E-state index contributed by atoms with van der Waals surface area (Å²) in [5, 5.41) is 19.3. The lowest BCUT2D eigenvalue weighted by Crippen LogP contribution is -2.34. The van der Waals surface area contributed by atoms with Crippen molar-refractivity contribution in [2.45, 2.75) is 31.0 Å². The lowest BCUT2D eigenvalue weighted by atomic mass is 10.1. The predicted octanol–water partition coefficient (Wildman–Crippen LogP) is 2.08. The summed E-state index contributed by atoms with van der Waals surface area (Å²) in [5.74, 6) is -2.79. The molecular formula is C19H16ClF2N3O6. The smallest absolute Gasteiger partial charge is 0.296 e. The first kappa shape index (κ1) is 20.2. The quantitative estimate of drug-likeness (QED) is 0.535. The molecular weight excluding hydrogens is 440 g/mol. The number of benzene rings is 1. The number of hydrogen-bond acceptors (Lipinski definition) is 8. The number of hydrogen-bond donors (Lipinski definition) is 3. The third-order valence-corrected chi connectivity index (χ3v) is 5.41. The van der Waals surface area contributed by atoms with E-state index in [2.05, 4.69) is 15.0 Å². The molecule has 1 aromatic carbocycles. The fraction of sp³-hybridized carbons (Fsp3) is 0.368. The fourth-order valence-electron chi connectivity index (χ4n) is 3.58. The van der Waals surface area contributed by atoms with Crippen LogP contribution in [0.3, 0.4) is 0 Å². The van der Waals surface area contributed by atoms with Crippen LogP contribution in [0.15, 0.2) is 18.2 Å². The molecule has 0 spiro atoms. The Balaban J connectivity index is 1.34. The van der Waals surface area contributed by atoms with Crippen molar-refractivity contribution in [1.82, 2.24) is 15.0 Å². The van der Waals surface area contributed by atoms with E-state index in [0.29, 0.717) is 5.52 Å². The standard InChI is InChI=1S/C19H16ClF2N3O6/c20-8-3-10-17(24-18(8)30-4-7-9(21)1-2-11(26)14(7)22)25-19(23-10)31-13-6-29-15-12(27)5-28-16(13)15/h1-3,12-13,15-16,26-27H,4-6H2,(H,23,24,25)/t12-,13-,15?,16?/m1/s1. The van der Waals surface area contributed by atoms with Gasteiger partial charge in [-0.15, -0.1) is 0 Å². The third-order valence-electron chi connectivity index (χ3n) is 5.14. The van der Waals surface area contributed by atoms with Gasteiger partial charge >= 0.3 is 0 Å². The van der Waals surface area contributed by atoms with E-state index in [4.69, 9.17) is 30.5 Å². The summed E-state index contributed by atoms with van der Waals surface area (Å²) in [4.78, 5) is 11.3. The minimum Gasteiger partial charge on any atom is -0.505 e. The van der Waals surface area contributed by atoms with Crippen LogP contribution in [0.1, 0.15) is 5.56 Å². The van der Waals surface area contributed by atoms with Crippen LogP contribution in [-0.2, 0) is 16.1 Å². The molecule has 2 unspecified atom stereocenters. The number of aromatic nitrogens is 3. The van der Waals surface area contributed by atoms with Crippen molar-refractivity contribution < 1.29 is 37.9 Å². The number of ether oxygens (including phenoxy) is 4. The average molecular weight is 456 g/mol. The minimum absolute atomic E-state index is 0.0789. The van der Waals surface area contributed by atoms with E-state index in [1.807, 2.05) is 0 Å². The van der Waals surface area contributed by atoms with Gasteiger partial charge in [-0.1, -0.05) is 11.6 Å². The maximum absolute atomic E-state index is 13.9. The molecule has 0 radical (unpaired) electrons. The molecule has 2 aromatic heterocycles. The summed E-state index contributed by atoms with van der Waals surface area (Å²) >= 11 is 6.17. The number of phenolic OH excluding ortho intramolecular Hbond substituents is 1. The summed E-state index contributed by atoms with van der Waals surface area (Å²) in [6.45, 7) is -0.138. The number of phenols is 1. The Bertz CT molecular complexity index is 1150. The molecule has 4 atom stereocenters. The van der Waals surface area contributed by atoms with Crippen molar-refractivity contribution >= 4 is 22.8 Å². The number of aliphatic hydroxyl groups is 1. The van der Waals surface area contributed by atoms with Crippen LogP contribution >= 0.6 is 11.6 Å². The highest BCUT2D eigenvalue weighted by molar-refractivity contribution is 6.32. The van der Waals surface area contributed by atoms with Gasteiger partial charge < -0.3 is 34.1 Å². The zero-order chi connectivity index (χ0) is 21.7. The first-order chi connectivity index (χ1) is 14.9. The van der Waals surface area contributed by atoms with Crippen LogP contribution < -0.4 is 9.47 Å². The summed E-state index contributed by atoms with van der Waals surface area (Å²) in [6.07, 6.45) is -2.02. The second kappa shape index (κ2) is 7.75. The van der Waals surface area contributed by atoms with Crippen molar-refractivity contribution in [2.24, 2.45) is 0 Å².